The largest absolute Gasteiger partial charge is 0.306 e. The molecule has 0 fully saturated rings. The molecule has 206 valence electrons. The van der Waals surface area contributed by atoms with Gasteiger partial charge in [-0.3, -0.25) is 9.59 Å². The van der Waals surface area contributed by atoms with Crippen LogP contribution in [0.2, 0.25) is 40.2 Å². The molecule has 6 nitrogen and oxygen atoms in total. The number of rotatable bonds is 2. The van der Waals surface area contributed by atoms with E-state index < -0.39 is 11.8 Å². The van der Waals surface area contributed by atoms with E-state index in [-0.39, 0.29) is 74.1 Å². The van der Waals surface area contributed by atoms with Crippen LogP contribution < -0.4 is 10.6 Å². The standard InChI is InChI=1S/C26H14Cl8N4O2/c1-5-6(2)21(35-23-9-11(25(39)37-23)15(29)19(33)17(31)13(9)27)8(4)22(7(5)3)36-24-10-12(26(40)38-24)16(30)20(34)18(32)14(10)28/h1-4H3,(H,35,37,39)(H,36,38,40). The third-order valence-corrected chi connectivity index (χ3v) is 10.5. The number of aliphatic imine (C=N–C) groups is 2. The van der Waals surface area contributed by atoms with Crippen molar-refractivity contribution in [3.8, 4) is 0 Å². The molecule has 40 heavy (non-hydrogen) atoms. The fraction of sp³-hybridized carbons (Fsp3) is 0.154. The molecule has 0 saturated heterocycles. The molecule has 0 spiro atoms. The summed E-state index contributed by atoms with van der Waals surface area (Å²) in [6.07, 6.45) is 0. The first kappa shape index (κ1) is 29.7. The fourth-order valence-corrected chi connectivity index (χ4v) is 6.69. The van der Waals surface area contributed by atoms with Crippen LogP contribution in [0.15, 0.2) is 9.98 Å². The van der Waals surface area contributed by atoms with Crippen molar-refractivity contribution in [2.24, 2.45) is 9.98 Å². The van der Waals surface area contributed by atoms with Crippen molar-refractivity contribution < 1.29 is 9.59 Å². The summed E-state index contributed by atoms with van der Waals surface area (Å²) in [6.45, 7) is 7.48. The number of hydrogen-bond donors (Lipinski definition) is 2. The Hall–Kier alpha value is -1.74. The summed E-state index contributed by atoms with van der Waals surface area (Å²) >= 11 is 50.5. The Morgan fingerprint density at radius 2 is 0.725 bits per heavy atom. The fourth-order valence-electron chi connectivity index (χ4n) is 4.64. The topological polar surface area (TPSA) is 82.9 Å². The lowest BCUT2D eigenvalue weighted by Crippen LogP contribution is -2.22. The quantitative estimate of drug-likeness (QED) is 0.207. The van der Waals surface area contributed by atoms with Crippen molar-refractivity contribution in [3.63, 3.8) is 0 Å². The van der Waals surface area contributed by atoms with Crippen molar-refractivity contribution in [2.75, 3.05) is 0 Å². The van der Waals surface area contributed by atoms with Crippen LogP contribution in [0.3, 0.4) is 0 Å². The van der Waals surface area contributed by atoms with Gasteiger partial charge in [-0.25, -0.2) is 9.98 Å². The highest BCUT2D eigenvalue weighted by Gasteiger charge is 2.36. The van der Waals surface area contributed by atoms with E-state index in [0.29, 0.717) is 16.9 Å². The van der Waals surface area contributed by atoms with E-state index in [1.165, 1.54) is 0 Å². The molecule has 0 aromatic heterocycles. The zero-order valence-electron chi connectivity index (χ0n) is 20.7. The summed E-state index contributed by atoms with van der Waals surface area (Å²) in [5.41, 5.74) is 4.79. The number of benzene rings is 3. The third-order valence-electron chi connectivity index (χ3n) is 6.92. The number of hydrogen-bond acceptors (Lipinski definition) is 4. The van der Waals surface area contributed by atoms with Gasteiger partial charge in [-0.2, -0.15) is 0 Å². The van der Waals surface area contributed by atoms with Gasteiger partial charge in [0.25, 0.3) is 11.8 Å². The normalized spacial score (nSPS) is 16.1. The molecule has 2 aliphatic heterocycles. The van der Waals surface area contributed by atoms with Crippen LogP contribution in [0.5, 0.6) is 0 Å². The Balaban J connectivity index is 1.75. The van der Waals surface area contributed by atoms with E-state index in [1.54, 1.807) is 6.92 Å². The van der Waals surface area contributed by atoms with Crippen molar-refractivity contribution in [1.82, 2.24) is 10.6 Å². The summed E-state index contributed by atoms with van der Waals surface area (Å²) in [4.78, 5) is 35.2. The van der Waals surface area contributed by atoms with Gasteiger partial charge in [0.15, 0.2) is 0 Å². The Morgan fingerprint density at radius 3 is 1.05 bits per heavy atom. The zero-order chi connectivity index (χ0) is 29.5. The lowest BCUT2D eigenvalue weighted by Gasteiger charge is -2.17. The van der Waals surface area contributed by atoms with Gasteiger partial charge in [-0.15, -0.1) is 0 Å². The molecule has 0 aliphatic carbocycles. The number of carbonyl (C=O) groups is 2. The van der Waals surface area contributed by atoms with Crippen LogP contribution in [0.4, 0.5) is 11.4 Å². The molecule has 3 aromatic carbocycles. The van der Waals surface area contributed by atoms with Gasteiger partial charge in [0.1, 0.15) is 11.7 Å². The van der Waals surface area contributed by atoms with Gasteiger partial charge in [-0.1, -0.05) is 92.8 Å². The van der Waals surface area contributed by atoms with Crippen molar-refractivity contribution >= 4 is 128 Å². The maximum atomic E-state index is 12.8. The van der Waals surface area contributed by atoms with Crippen LogP contribution in [-0.2, 0) is 0 Å². The van der Waals surface area contributed by atoms with Crippen LogP contribution in [-0.4, -0.2) is 23.5 Å². The van der Waals surface area contributed by atoms with Gasteiger partial charge >= 0.3 is 0 Å². The molecular formula is C26H14Cl8N4O2. The lowest BCUT2D eigenvalue weighted by atomic mass is 9.96. The number of amidine groups is 2. The van der Waals surface area contributed by atoms with Crippen LogP contribution in [0.1, 0.15) is 54.1 Å². The molecule has 0 bridgehead atoms. The molecule has 2 aliphatic rings. The maximum absolute atomic E-state index is 12.8. The van der Waals surface area contributed by atoms with Crippen molar-refractivity contribution in [2.45, 2.75) is 27.7 Å². The summed E-state index contributed by atoms with van der Waals surface area (Å²) in [5, 5.41) is 5.37. The second kappa shape index (κ2) is 10.5. The van der Waals surface area contributed by atoms with E-state index in [2.05, 4.69) is 10.6 Å². The minimum Gasteiger partial charge on any atom is -0.306 e. The summed E-state index contributed by atoms with van der Waals surface area (Å²) < 4.78 is 0. The van der Waals surface area contributed by atoms with Crippen LogP contribution >= 0.6 is 92.8 Å². The Kier molecular flexibility index (Phi) is 7.82. The molecule has 0 radical (unpaired) electrons. The van der Waals surface area contributed by atoms with Gasteiger partial charge in [-0.05, 0) is 44.4 Å². The predicted molar refractivity (Wildman–Crippen MR) is 166 cm³/mol. The van der Waals surface area contributed by atoms with E-state index >= 15 is 0 Å². The first-order valence-electron chi connectivity index (χ1n) is 11.3. The summed E-state index contributed by atoms with van der Waals surface area (Å²) in [6, 6.07) is 0. The maximum Gasteiger partial charge on any atom is 0.259 e. The highest BCUT2D eigenvalue weighted by molar-refractivity contribution is 6.56. The summed E-state index contributed by atoms with van der Waals surface area (Å²) in [7, 11) is 0. The number of halogens is 8. The number of fused-ring (bicyclic) bond motifs is 2. The monoisotopic (exact) mass is 694 g/mol. The molecule has 2 heterocycles. The second-order valence-electron chi connectivity index (χ2n) is 9.04. The minimum atomic E-state index is -0.522. The number of nitrogens with zero attached hydrogens (tertiary/aromatic N) is 2. The SMILES string of the molecule is Cc1c(C)c(N=C2NC(=O)c3c(Cl)c(Cl)c(Cl)c(Cl)c32)c(C)c(N=C2NC(=O)c3c(Cl)c(Cl)c(Cl)c(Cl)c32)c1C. The average molecular weight is 698 g/mol. The summed E-state index contributed by atoms with van der Waals surface area (Å²) in [5.74, 6) is -0.749. The molecule has 5 rings (SSSR count). The highest BCUT2D eigenvalue weighted by atomic mass is 35.5. The smallest absolute Gasteiger partial charge is 0.259 e. The Bertz CT molecular complexity index is 1690. The van der Waals surface area contributed by atoms with Gasteiger partial charge < -0.3 is 10.6 Å². The molecule has 3 aromatic rings. The second-order valence-corrected chi connectivity index (χ2v) is 12.1. The first-order valence-corrected chi connectivity index (χ1v) is 14.3. The lowest BCUT2D eigenvalue weighted by molar-refractivity contribution is 0.0975. The van der Waals surface area contributed by atoms with Crippen LogP contribution in [0.25, 0.3) is 0 Å². The molecule has 0 unspecified atom stereocenters. The first-order chi connectivity index (χ1) is 18.7. The Morgan fingerprint density at radius 1 is 0.425 bits per heavy atom. The minimum absolute atomic E-state index is 0.00171. The predicted octanol–water partition coefficient (Wildman–Crippen LogP) is 9.79. The van der Waals surface area contributed by atoms with E-state index in [1.807, 2.05) is 20.8 Å². The van der Waals surface area contributed by atoms with E-state index in [9.17, 15) is 9.59 Å². The third kappa shape index (κ3) is 4.31. The molecule has 0 saturated carbocycles. The van der Waals surface area contributed by atoms with Crippen molar-refractivity contribution in [3.05, 3.63) is 84.7 Å². The molecule has 0 atom stereocenters. The highest BCUT2D eigenvalue weighted by Crippen LogP contribution is 2.46. The Labute approximate surface area is 268 Å². The van der Waals surface area contributed by atoms with Gasteiger partial charge in [0, 0.05) is 5.56 Å². The number of carbonyl (C=O) groups excluding carboxylic acids is 2. The average Bonchev–Trinajstić information content (AvgIpc) is 3.43. The molecular weight excluding hydrogens is 684 g/mol. The molecule has 14 heteroatoms. The zero-order valence-corrected chi connectivity index (χ0v) is 26.8. The van der Waals surface area contributed by atoms with Gasteiger partial charge in [0.05, 0.1) is 73.8 Å². The molecule has 2 amide bonds. The van der Waals surface area contributed by atoms with Gasteiger partial charge in [0.2, 0.25) is 0 Å². The van der Waals surface area contributed by atoms with E-state index in [4.69, 9.17) is 103 Å². The van der Waals surface area contributed by atoms with E-state index in [0.717, 1.165) is 16.7 Å². The molecule has 2 N–H and O–H groups in total. The number of amides is 2. The number of nitrogens with one attached hydrogen (secondary N) is 2. The van der Waals surface area contributed by atoms with Crippen LogP contribution in [0, 0.1) is 27.7 Å². The van der Waals surface area contributed by atoms with Crippen molar-refractivity contribution in [1.29, 1.82) is 0 Å².